The highest BCUT2D eigenvalue weighted by Crippen LogP contribution is 2.26. The van der Waals surface area contributed by atoms with Crippen LogP contribution in [0.25, 0.3) is 0 Å². The standard InChI is InChI=1S/C4H5Br2ClO2/c1-9-3(8)4(6,7)2-5/h2H2,1H3. The Morgan fingerprint density at radius 2 is 2.33 bits per heavy atom. The molecule has 0 aliphatic rings. The number of rotatable bonds is 2. The molecule has 1 unspecified atom stereocenters. The lowest BCUT2D eigenvalue weighted by Gasteiger charge is -2.11. The van der Waals surface area contributed by atoms with Gasteiger partial charge in [0.2, 0.25) is 3.78 Å². The van der Waals surface area contributed by atoms with Gasteiger partial charge in [-0.1, -0.05) is 43.5 Å². The fourth-order valence-electron chi connectivity index (χ4n) is 0.204. The first-order chi connectivity index (χ1) is 4.04. The molecule has 0 bridgehead atoms. The predicted octanol–water partition coefficient (Wildman–Crippen LogP) is 1.88. The van der Waals surface area contributed by atoms with Gasteiger partial charge in [-0.3, -0.25) is 0 Å². The van der Waals surface area contributed by atoms with Crippen molar-refractivity contribution in [1.82, 2.24) is 0 Å². The Morgan fingerprint density at radius 1 is 1.89 bits per heavy atom. The number of carbonyl (C=O) groups excluding carboxylic acids is 1. The summed E-state index contributed by atoms with van der Waals surface area (Å²) in [5.74, 6) is -0.499. The molecule has 2 nitrogen and oxygen atoms in total. The van der Waals surface area contributed by atoms with E-state index in [0.29, 0.717) is 5.33 Å². The van der Waals surface area contributed by atoms with Crippen molar-refractivity contribution < 1.29 is 9.53 Å². The summed E-state index contributed by atoms with van der Waals surface area (Å²) in [5.41, 5.74) is 0. The number of methoxy groups -OCH3 is 1. The molecular formula is C4H5Br2ClO2. The second-order valence-electron chi connectivity index (χ2n) is 1.33. The van der Waals surface area contributed by atoms with Gasteiger partial charge in [-0.15, -0.1) is 0 Å². The van der Waals surface area contributed by atoms with Gasteiger partial charge in [0.1, 0.15) is 0 Å². The smallest absolute Gasteiger partial charge is 0.338 e. The Labute approximate surface area is 75.1 Å². The van der Waals surface area contributed by atoms with E-state index in [-0.39, 0.29) is 0 Å². The van der Waals surface area contributed by atoms with Gasteiger partial charge >= 0.3 is 5.97 Å². The van der Waals surface area contributed by atoms with Crippen LogP contribution in [0.2, 0.25) is 0 Å². The highest BCUT2D eigenvalue weighted by molar-refractivity contribution is 9.13. The van der Waals surface area contributed by atoms with Gasteiger partial charge in [-0.05, 0) is 0 Å². The highest BCUT2D eigenvalue weighted by atomic mass is 79.9. The maximum absolute atomic E-state index is 10.6. The maximum Gasteiger partial charge on any atom is 0.338 e. The topological polar surface area (TPSA) is 26.3 Å². The van der Waals surface area contributed by atoms with Gasteiger partial charge in [-0.2, -0.15) is 0 Å². The average Bonchev–Trinajstić information content (AvgIpc) is 1.86. The lowest BCUT2D eigenvalue weighted by molar-refractivity contribution is -0.140. The molecule has 0 aliphatic heterocycles. The van der Waals surface area contributed by atoms with E-state index in [4.69, 9.17) is 11.6 Å². The van der Waals surface area contributed by atoms with E-state index in [1.165, 1.54) is 7.11 Å². The van der Waals surface area contributed by atoms with Crippen LogP contribution in [0, 0.1) is 0 Å². The van der Waals surface area contributed by atoms with E-state index in [0.717, 1.165) is 0 Å². The van der Waals surface area contributed by atoms with Gasteiger partial charge in [0, 0.05) is 5.33 Å². The number of halogens is 3. The molecule has 0 fully saturated rings. The van der Waals surface area contributed by atoms with Crippen molar-refractivity contribution in [3.63, 3.8) is 0 Å². The number of carbonyl (C=O) groups is 1. The summed E-state index contributed by atoms with van der Waals surface area (Å²) in [6.07, 6.45) is 0. The van der Waals surface area contributed by atoms with Crippen LogP contribution in [-0.2, 0) is 9.53 Å². The van der Waals surface area contributed by atoms with Gasteiger partial charge in [-0.25, -0.2) is 4.79 Å². The van der Waals surface area contributed by atoms with Crippen molar-refractivity contribution >= 4 is 49.4 Å². The van der Waals surface area contributed by atoms with Crippen LogP contribution in [0.1, 0.15) is 0 Å². The molecule has 0 radical (unpaired) electrons. The molecule has 0 rings (SSSR count). The number of ether oxygens (including phenoxy) is 1. The third-order valence-corrected chi connectivity index (χ3v) is 3.46. The highest BCUT2D eigenvalue weighted by Gasteiger charge is 2.32. The summed E-state index contributed by atoms with van der Waals surface area (Å²) in [4.78, 5) is 10.6. The Balaban J connectivity index is 3.97. The minimum absolute atomic E-state index is 0.314. The molecule has 0 aromatic carbocycles. The zero-order valence-corrected chi connectivity index (χ0v) is 8.59. The van der Waals surface area contributed by atoms with Crippen LogP contribution < -0.4 is 0 Å². The van der Waals surface area contributed by atoms with Crippen LogP contribution in [0.3, 0.4) is 0 Å². The normalized spacial score (nSPS) is 16.4. The van der Waals surface area contributed by atoms with E-state index >= 15 is 0 Å². The lowest BCUT2D eigenvalue weighted by atomic mass is 10.5. The summed E-state index contributed by atoms with van der Waals surface area (Å²) in [6, 6.07) is 0. The third kappa shape index (κ3) is 2.87. The number of esters is 1. The molecule has 0 spiro atoms. The lowest BCUT2D eigenvalue weighted by Crippen LogP contribution is -2.28. The molecule has 1 atom stereocenters. The van der Waals surface area contributed by atoms with Crippen molar-refractivity contribution in [3.8, 4) is 0 Å². The molecule has 0 saturated carbocycles. The average molecular weight is 280 g/mol. The van der Waals surface area contributed by atoms with Crippen LogP contribution in [0.5, 0.6) is 0 Å². The zero-order chi connectivity index (χ0) is 7.49. The molecule has 0 saturated heterocycles. The molecule has 0 heterocycles. The third-order valence-electron chi connectivity index (χ3n) is 0.652. The molecule has 5 heteroatoms. The first-order valence-electron chi connectivity index (χ1n) is 2.07. The minimum Gasteiger partial charge on any atom is -0.467 e. The monoisotopic (exact) mass is 278 g/mol. The van der Waals surface area contributed by atoms with Crippen LogP contribution in [0.15, 0.2) is 0 Å². The van der Waals surface area contributed by atoms with Crippen molar-refractivity contribution in [1.29, 1.82) is 0 Å². The minimum atomic E-state index is -1.11. The summed E-state index contributed by atoms with van der Waals surface area (Å²) >= 11 is 11.5. The Hall–Kier alpha value is 0.720. The largest absolute Gasteiger partial charge is 0.467 e. The number of alkyl halides is 3. The van der Waals surface area contributed by atoms with Crippen molar-refractivity contribution in [2.24, 2.45) is 0 Å². The molecule has 0 aliphatic carbocycles. The molecule has 0 N–H and O–H groups in total. The first kappa shape index (κ1) is 9.72. The Bertz CT molecular complexity index is 115. The maximum atomic E-state index is 10.6. The Morgan fingerprint density at radius 3 is 2.44 bits per heavy atom. The van der Waals surface area contributed by atoms with Crippen molar-refractivity contribution in [2.75, 3.05) is 12.4 Å². The summed E-state index contributed by atoms with van der Waals surface area (Å²) in [6.45, 7) is 0. The molecule has 0 amide bonds. The fourth-order valence-corrected chi connectivity index (χ4v) is 0.672. The zero-order valence-electron chi connectivity index (χ0n) is 4.66. The molecule has 0 aromatic rings. The predicted molar refractivity (Wildman–Crippen MR) is 43.3 cm³/mol. The summed E-state index contributed by atoms with van der Waals surface area (Å²) in [7, 11) is 1.28. The van der Waals surface area contributed by atoms with Crippen LogP contribution in [-0.4, -0.2) is 22.2 Å². The molecule has 9 heavy (non-hydrogen) atoms. The second kappa shape index (κ2) is 3.78. The summed E-state index contributed by atoms with van der Waals surface area (Å²) in [5, 5.41) is 0.314. The number of hydrogen-bond donors (Lipinski definition) is 0. The van der Waals surface area contributed by atoms with Crippen LogP contribution in [0.4, 0.5) is 0 Å². The van der Waals surface area contributed by atoms with E-state index in [9.17, 15) is 4.79 Å². The fraction of sp³-hybridized carbons (Fsp3) is 0.750. The summed E-state index contributed by atoms with van der Waals surface area (Å²) < 4.78 is 3.25. The quantitative estimate of drug-likeness (QED) is 0.570. The van der Waals surface area contributed by atoms with Gasteiger partial charge in [0.25, 0.3) is 0 Å². The van der Waals surface area contributed by atoms with Gasteiger partial charge in [0.15, 0.2) is 0 Å². The van der Waals surface area contributed by atoms with Crippen LogP contribution >= 0.6 is 43.5 Å². The molecule has 54 valence electrons. The van der Waals surface area contributed by atoms with Crippen molar-refractivity contribution in [2.45, 2.75) is 3.78 Å². The van der Waals surface area contributed by atoms with E-state index < -0.39 is 9.75 Å². The SMILES string of the molecule is COC(=O)C(Cl)(Br)CBr. The Kier molecular flexibility index (Phi) is 4.09. The number of hydrogen-bond acceptors (Lipinski definition) is 2. The first-order valence-corrected chi connectivity index (χ1v) is 4.36. The molecule has 0 aromatic heterocycles. The van der Waals surface area contributed by atoms with E-state index in [2.05, 4.69) is 36.6 Å². The van der Waals surface area contributed by atoms with Gasteiger partial charge in [0.05, 0.1) is 7.11 Å². The van der Waals surface area contributed by atoms with Gasteiger partial charge < -0.3 is 4.74 Å². The van der Waals surface area contributed by atoms with E-state index in [1.807, 2.05) is 0 Å². The van der Waals surface area contributed by atoms with Crippen molar-refractivity contribution in [3.05, 3.63) is 0 Å². The molecular weight excluding hydrogens is 275 g/mol. The second-order valence-corrected chi connectivity index (χ2v) is 4.35. The van der Waals surface area contributed by atoms with E-state index in [1.54, 1.807) is 0 Å².